The number of piperidine rings is 2. The van der Waals surface area contributed by atoms with E-state index >= 15 is 0 Å². The molecule has 0 radical (unpaired) electrons. The van der Waals surface area contributed by atoms with Gasteiger partial charge in [-0.3, -0.25) is 23.9 Å². The second kappa shape index (κ2) is 25.5. The number of amides is 1. The number of nitrogens with one attached hydrogen (secondary N) is 2. The molecule has 404 valence electrons. The molecular weight excluding hydrogens is 1180 g/mol. The van der Waals surface area contributed by atoms with Crippen molar-refractivity contribution in [3.8, 4) is 0 Å². The van der Waals surface area contributed by atoms with Gasteiger partial charge in [0.05, 0.1) is 32.5 Å². The summed E-state index contributed by atoms with van der Waals surface area (Å²) >= 11 is 26.2. The standard InChI is InChI=1S/C25H26Cl2N4O6S3.C23H21Cl2N3O5S3/c1-30(37-2)25(32)20-15-24(29-39(33,34)23-11-6-17(26)14-21(23)27)28-16-22(20)38-18-7-9-19(10-8-18)40(35,36)31-12-4-3-5-13-31;24-17-4-9-22(20(25)13-17)35(30,31)27-23-12-16(15-29)21(14-26-23)34-18-5-7-19(8-6-18)36(32,33)28-10-2-1-3-11-28/h6-11,14-16H,3-5,12-13H2,1-2H3,(H,28,29);4-9,12-15H,1-3,10-11H2,(H,26,27). The number of hydrogen-bond donors (Lipinski definition) is 2. The minimum absolute atomic E-state index is 0.0523. The monoisotopic (exact) mass is 1230 g/mol. The van der Waals surface area contributed by atoms with Gasteiger partial charge in [0.1, 0.15) is 21.4 Å². The smallest absolute Gasteiger partial charge is 0.278 e. The molecule has 4 aromatic carbocycles. The second-order valence-electron chi connectivity index (χ2n) is 16.7. The van der Waals surface area contributed by atoms with Crippen molar-refractivity contribution in [1.29, 1.82) is 0 Å². The van der Waals surface area contributed by atoms with Gasteiger partial charge >= 0.3 is 0 Å². The van der Waals surface area contributed by atoms with Crippen LogP contribution in [-0.2, 0) is 44.9 Å². The minimum atomic E-state index is -4.16. The predicted octanol–water partition coefficient (Wildman–Crippen LogP) is 10.5. The van der Waals surface area contributed by atoms with Crippen molar-refractivity contribution in [2.24, 2.45) is 0 Å². The van der Waals surface area contributed by atoms with Gasteiger partial charge in [0, 0.05) is 80.8 Å². The van der Waals surface area contributed by atoms with Gasteiger partial charge in [0.15, 0.2) is 6.29 Å². The largest absolute Gasteiger partial charge is 0.298 e. The Balaban J connectivity index is 0.000000222. The van der Waals surface area contributed by atoms with E-state index in [4.69, 9.17) is 51.2 Å². The normalized spacial score (nSPS) is 14.8. The lowest BCUT2D eigenvalue weighted by Crippen LogP contribution is -2.35. The molecule has 18 nitrogen and oxygen atoms in total. The van der Waals surface area contributed by atoms with Crippen molar-refractivity contribution in [2.45, 2.75) is 77.7 Å². The molecule has 0 unspecified atom stereocenters. The first-order chi connectivity index (χ1) is 36.0. The van der Waals surface area contributed by atoms with E-state index in [-0.39, 0.29) is 57.4 Å². The SMILES string of the molecule is CON(C)C(=O)c1cc(NS(=O)(=O)c2ccc(Cl)cc2Cl)ncc1Sc1ccc(S(=O)(=O)N2CCCCC2)cc1.O=Cc1cc(NS(=O)(=O)c2ccc(Cl)cc2Cl)ncc1Sc1ccc(S(=O)(=O)N2CCCCC2)cc1. The summed E-state index contributed by atoms with van der Waals surface area (Å²) in [5.41, 5.74) is 0.314. The first-order valence-corrected chi connectivity index (χ1v) is 31.8. The molecule has 76 heavy (non-hydrogen) atoms. The number of pyridine rings is 2. The van der Waals surface area contributed by atoms with E-state index in [1.54, 1.807) is 36.4 Å². The number of carbonyl (C=O) groups excluding carboxylic acids is 2. The van der Waals surface area contributed by atoms with Crippen molar-refractivity contribution >= 4 is 134 Å². The van der Waals surface area contributed by atoms with Crippen LogP contribution >= 0.6 is 69.9 Å². The topological polar surface area (TPSA) is 239 Å². The lowest BCUT2D eigenvalue weighted by Gasteiger charge is -2.25. The number of aromatic nitrogens is 2. The Bertz CT molecular complexity index is 3580. The van der Waals surface area contributed by atoms with Gasteiger partial charge in [0.2, 0.25) is 20.0 Å². The summed E-state index contributed by atoms with van der Waals surface area (Å²) in [6.45, 7) is 2.05. The Hall–Kier alpha value is -4.54. The number of aldehydes is 1. The van der Waals surface area contributed by atoms with Crippen LogP contribution in [-0.4, -0.2) is 110 Å². The molecule has 0 bridgehead atoms. The zero-order valence-electron chi connectivity index (χ0n) is 40.2. The number of sulfonamides is 4. The molecule has 0 saturated carbocycles. The van der Waals surface area contributed by atoms with Crippen molar-refractivity contribution in [3.05, 3.63) is 141 Å². The number of rotatable bonds is 17. The maximum atomic E-state index is 13.1. The van der Waals surface area contributed by atoms with E-state index in [1.165, 1.54) is 119 Å². The molecular formula is C48H47Cl4N7O11S6. The molecule has 0 atom stereocenters. The molecule has 4 heterocycles. The lowest BCUT2D eigenvalue weighted by molar-refractivity contribution is -0.0759. The van der Waals surface area contributed by atoms with Crippen LogP contribution in [0.2, 0.25) is 20.1 Å². The highest BCUT2D eigenvalue weighted by atomic mass is 35.5. The van der Waals surface area contributed by atoms with Gasteiger partial charge in [-0.15, -0.1) is 0 Å². The Labute approximate surface area is 470 Å². The first kappa shape index (κ1) is 59.1. The molecule has 2 N–H and O–H groups in total. The summed E-state index contributed by atoms with van der Waals surface area (Å²) in [5, 5.41) is 1.42. The summed E-state index contributed by atoms with van der Waals surface area (Å²) in [6.07, 6.45) is 8.74. The first-order valence-electron chi connectivity index (χ1n) is 22.8. The summed E-state index contributed by atoms with van der Waals surface area (Å²) in [6, 6.07) is 23.3. The Kier molecular flexibility index (Phi) is 19.8. The molecule has 2 saturated heterocycles. The molecule has 2 aliphatic rings. The van der Waals surface area contributed by atoms with Crippen LogP contribution in [0.1, 0.15) is 59.2 Å². The maximum Gasteiger partial charge on any atom is 0.278 e. The fourth-order valence-corrected chi connectivity index (χ4v) is 15.9. The Morgan fingerprint density at radius 1 is 0.592 bits per heavy atom. The Morgan fingerprint density at radius 3 is 1.41 bits per heavy atom. The average molecular weight is 1230 g/mol. The molecule has 0 spiro atoms. The van der Waals surface area contributed by atoms with Crippen molar-refractivity contribution in [1.82, 2.24) is 23.6 Å². The summed E-state index contributed by atoms with van der Waals surface area (Å²) in [4.78, 5) is 40.4. The maximum absolute atomic E-state index is 13.1. The quantitative estimate of drug-likeness (QED) is 0.0638. The zero-order valence-corrected chi connectivity index (χ0v) is 48.2. The molecule has 2 aromatic heterocycles. The molecule has 2 aliphatic heterocycles. The van der Waals surface area contributed by atoms with Crippen LogP contribution in [0.15, 0.2) is 149 Å². The van der Waals surface area contributed by atoms with E-state index in [0.29, 0.717) is 57.1 Å². The van der Waals surface area contributed by atoms with Crippen molar-refractivity contribution in [3.63, 3.8) is 0 Å². The highest BCUT2D eigenvalue weighted by molar-refractivity contribution is 7.99. The highest BCUT2D eigenvalue weighted by Crippen LogP contribution is 2.36. The minimum Gasteiger partial charge on any atom is -0.298 e. The number of hydroxylamine groups is 2. The van der Waals surface area contributed by atoms with Gasteiger partial charge < -0.3 is 0 Å². The van der Waals surface area contributed by atoms with Crippen LogP contribution in [0, 0.1) is 0 Å². The Morgan fingerprint density at radius 2 is 1.00 bits per heavy atom. The van der Waals surface area contributed by atoms with Gasteiger partial charge in [-0.05, 0) is 123 Å². The van der Waals surface area contributed by atoms with E-state index in [9.17, 15) is 43.3 Å². The second-order valence-corrected chi connectivity index (χ2v) is 27.8. The van der Waals surface area contributed by atoms with Crippen molar-refractivity contribution in [2.75, 3.05) is 49.8 Å². The molecule has 1 amide bonds. The van der Waals surface area contributed by atoms with E-state index < -0.39 is 46.0 Å². The van der Waals surface area contributed by atoms with Crippen molar-refractivity contribution < 1.29 is 48.1 Å². The van der Waals surface area contributed by atoms with Crippen LogP contribution in [0.5, 0.6) is 0 Å². The van der Waals surface area contributed by atoms with E-state index in [2.05, 4.69) is 19.4 Å². The van der Waals surface area contributed by atoms with Gasteiger partial charge in [0.25, 0.3) is 26.0 Å². The summed E-state index contributed by atoms with van der Waals surface area (Å²) < 4.78 is 111. The molecule has 8 rings (SSSR count). The number of anilines is 2. The average Bonchev–Trinajstić information content (AvgIpc) is 3.39. The fourth-order valence-electron chi connectivity index (χ4n) is 7.58. The summed E-state index contributed by atoms with van der Waals surface area (Å²) in [5.74, 6) is -0.733. The molecule has 6 aromatic rings. The third kappa shape index (κ3) is 14.6. The van der Waals surface area contributed by atoms with E-state index in [0.717, 1.165) is 43.6 Å². The van der Waals surface area contributed by atoms with Gasteiger partial charge in [-0.2, -0.15) is 8.61 Å². The lowest BCUT2D eigenvalue weighted by atomic mass is 10.2. The molecule has 28 heteroatoms. The van der Waals surface area contributed by atoms with Gasteiger partial charge in [-0.25, -0.2) is 48.7 Å². The van der Waals surface area contributed by atoms with Crippen LogP contribution in [0.4, 0.5) is 11.6 Å². The number of halogens is 4. The van der Waals surface area contributed by atoms with E-state index in [1.807, 2.05) is 0 Å². The van der Waals surface area contributed by atoms with Crippen LogP contribution in [0.3, 0.4) is 0 Å². The number of benzene rings is 4. The van der Waals surface area contributed by atoms with Gasteiger partial charge in [-0.1, -0.05) is 82.8 Å². The third-order valence-corrected chi connectivity index (χ3v) is 21.6. The predicted molar refractivity (Wildman–Crippen MR) is 294 cm³/mol. The number of carbonyl (C=O) groups is 2. The highest BCUT2D eigenvalue weighted by Gasteiger charge is 2.29. The zero-order chi connectivity index (χ0) is 55.0. The molecule has 0 aliphatic carbocycles. The number of nitrogens with zero attached hydrogens (tertiary/aromatic N) is 5. The molecule has 2 fully saturated rings. The fraction of sp³-hybridized carbons (Fsp3) is 0.250. The van der Waals surface area contributed by atoms with Crippen LogP contribution < -0.4 is 9.44 Å². The summed E-state index contributed by atoms with van der Waals surface area (Å²) in [7, 11) is -12.6. The third-order valence-electron chi connectivity index (χ3n) is 11.5. The number of hydrogen-bond acceptors (Lipinski definition) is 15. The van der Waals surface area contributed by atoms with Crippen LogP contribution in [0.25, 0.3) is 0 Å².